The SMILES string of the molecule is CC(C)COc1ccc(S(=O)(=O)NCC(C)(O)C(=O)O)cc1. The fourth-order valence-electron chi connectivity index (χ4n) is 1.37. The van der Waals surface area contributed by atoms with Crippen molar-refractivity contribution < 1.29 is 28.2 Å². The molecule has 0 heterocycles. The van der Waals surface area contributed by atoms with Crippen LogP contribution in [-0.2, 0) is 14.8 Å². The number of carboxylic acid groups (broad SMARTS) is 1. The molecule has 0 amide bonds. The summed E-state index contributed by atoms with van der Waals surface area (Å²) in [5, 5.41) is 18.3. The average molecular weight is 331 g/mol. The molecule has 1 rings (SSSR count). The van der Waals surface area contributed by atoms with Gasteiger partial charge in [-0.25, -0.2) is 17.9 Å². The van der Waals surface area contributed by atoms with Gasteiger partial charge in [0.05, 0.1) is 18.0 Å². The molecule has 3 N–H and O–H groups in total. The normalized spacial score (nSPS) is 14.6. The molecular formula is C14H21NO6S. The van der Waals surface area contributed by atoms with Crippen molar-refractivity contribution in [2.24, 2.45) is 5.92 Å². The van der Waals surface area contributed by atoms with Crippen LogP contribution in [0.2, 0.25) is 0 Å². The summed E-state index contributed by atoms with van der Waals surface area (Å²) in [6.45, 7) is 4.90. The topological polar surface area (TPSA) is 113 Å². The van der Waals surface area contributed by atoms with E-state index in [1.165, 1.54) is 24.3 Å². The summed E-state index contributed by atoms with van der Waals surface area (Å²) in [5.74, 6) is -0.610. The van der Waals surface area contributed by atoms with Crippen LogP contribution in [-0.4, -0.2) is 43.4 Å². The molecule has 0 aliphatic heterocycles. The van der Waals surface area contributed by atoms with E-state index >= 15 is 0 Å². The first-order valence-electron chi connectivity index (χ1n) is 6.73. The molecule has 1 unspecified atom stereocenters. The van der Waals surface area contributed by atoms with Crippen LogP contribution in [0.3, 0.4) is 0 Å². The van der Waals surface area contributed by atoms with E-state index in [0.29, 0.717) is 18.3 Å². The monoisotopic (exact) mass is 331 g/mol. The fraction of sp³-hybridized carbons (Fsp3) is 0.500. The molecule has 0 bridgehead atoms. The van der Waals surface area contributed by atoms with Crippen molar-refractivity contribution >= 4 is 16.0 Å². The van der Waals surface area contributed by atoms with Crippen molar-refractivity contribution in [1.82, 2.24) is 4.72 Å². The first kappa shape index (κ1) is 18.4. The maximum absolute atomic E-state index is 12.0. The largest absolute Gasteiger partial charge is 0.493 e. The van der Waals surface area contributed by atoms with Gasteiger partial charge < -0.3 is 14.9 Å². The van der Waals surface area contributed by atoms with E-state index in [-0.39, 0.29) is 4.90 Å². The molecular weight excluding hydrogens is 310 g/mol. The van der Waals surface area contributed by atoms with Crippen LogP contribution in [0.5, 0.6) is 5.75 Å². The highest BCUT2D eigenvalue weighted by molar-refractivity contribution is 7.89. The molecule has 0 saturated carbocycles. The third kappa shape index (κ3) is 5.28. The number of ether oxygens (including phenoxy) is 1. The Morgan fingerprint density at radius 2 is 1.86 bits per heavy atom. The number of nitrogens with one attached hydrogen (secondary N) is 1. The summed E-state index contributed by atoms with van der Waals surface area (Å²) in [5.41, 5.74) is -2.17. The highest BCUT2D eigenvalue weighted by atomic mass is 32.2. The summed E-state index contributed by atoms with van der Waals surface area (Å²) in [4.78, 5) is 10.7. The van der Waals surface area contributed by atoms with Crippen LogP contribution in [0.4, 0.5) is 0 Å². The molecule has 0 spiro atoms. The number of benzene rings is 1. The van der Waals surface area contributed by atoms with Crippen molar-refractivity contribution in [1.29, 1.82) is 0 Å². The maximum Gasteiger partial charge on any atom is 0.336 e. The minimum Gasteiger partial charge on any atom is -0.493 e. The highest BCUT2D eigenvalue weighted by Gasteiger charge is 2.31. The molecule has 0 saturated heterocycles. The van der Waals surface area contributed by atoms with Crippen LogP contribution in [0.15, 0.2) is 29.2 Å². The lowest BCUT2D eigenvalue weighted by Crippen LogP contribution is -2.46. The van der Waals surface area contributed by atoms with E-state index in [2.05, 4.69) is 4.72 Å². The summed E-state index contributed by atoms with van der Waals surface area (Å²) in [6, 6.07) is 5.75. The van der Waals surface area contributed by atoms with Gasteiger partial charge in [0.2, 0.25) is 10.0 Å². The summed E-state index contributed by atoms with van der Waals surface area (Å²) >= 11 is 0. The summed E-state index contributed by atoms with van der Waals surface area (Å²) in [6.07, 6.45) is 0. The Labute approximate surface area is 130 Å². The Balaban J connectivity index is 2.75. The molecule has 8 heteroatoms. The zero-order valence-electron chi connectivity index (χ0n) is 12.7. The number of hydrogen-bond acceptors (Lipinski definition) is 5. The Bertz CT molecular complexity index is 607. The summed E-state index contributed by atoms with van der Waals surface area (Å²) < 4.78 is 31.6. The molecule has 0 radical (unpaired) electrons. The minimum atomic E-state index is -3.90. The first-order valence-corrected chi connectivity index (χ1v) is 8.21. The van der Waals surface area contributed by atoms with E-state index in [0.717, 1.165) is 6.92 Å². The van der Waals surface area contributed by atoms with E-state index in [1.54, 1.807) is 0 Å². The zero-order valence-corrected chi connectivity index (χ0v) is 13.6. The molecule has 7 nitrogen and oxygen atoms in total. The predicted molar refractivity (Wildman–Crippen MR) is 80.2 cm³/mol. The number of carboxylic acids is 1. The quantitative estimate of drug-likeness (QED) is 0.650. The van der Waals surface area contributed by atoms with Crippen LogP contribution in [0, 0.1) is 5.92 Å². The van der Waals surface area contributed by atoms with Gasteiger partial charge in [-0.3, -0.25) is 0 Å². The van der Waals surface area contributed by atoms with Gasteiger partial charge in [-0.1, -0.05) is 13.8 Å². The smallest absolute Gasteiger partial charge is 0.336 e. The third-order valence-electron chi connectivity index (χ3n) is 2.78. The number of aliphatic hydroxyl groups is 1. The zero-order chi connectivity index (χ0) is 17.0. The third-order valence-corrected chi connectivity index (χ3v) is 4.20. The Morgan fingerprint density at radius 1 is 1.32 bits per heavy atom. The van der Waals surface area contributed by atoms with Crippen LogP contribution in [0.1, 0.15) is 20.8 Å². The molecule has 1 atom stereocenters. The van der Waals surface area contributed by atoms with E-state index in [4.69, 9.17) is 9.84 Å². The van der Waals surface area contributed by atoms with Gasteiger partial charge in [0.1, 0.15) is 5.75 Å². The first-order chi connectivity index (χ1) is 10.0. The molecule has 0 aliphatic carbocycles. The lowest BCUT2D eigenvalue weighted by Gasteiger charge is -2.18. The van der Waals surface area contributed by atoms with Crippen molar-refractivity contribution in [3.8, 4) is 5.75 Å². The highest BCUT2D eigenvalue weighted by Crippen LogP contribution is 2.17. The van der Waals surface area contributed by atoms with Gasteiger partial charge in [-0.05, 0) is 37.1 Å². The molecule has 0 aliphatic rings. The number of sulfonamides is 1. The van der Waals surface area contributed by atoms with Crippen molar-refractivity contribution in [3.05, 3.63) is 24.3 Å². The molecule has 1 aromatic rings. The molecule has 0 aromatic heterocycles. The van der Waals surface area contributed by atoms with E-state index in [9.17, 15) is 18.3 Å². The van der Waals surface area contributed by atoms with Gasteiger partial charge >= 0.3 is 5.97 Å². The predicted octanol–water partition coefficient (Wildman–Crippen LogP) is 0.835. The number of carbonyl (C=O) groups is 1. The Morgan fingerprint density at radius 3 is 2.32 bits per heavy atom. The molecule has 124 valence electrons. The second kappa shape index (κ2) is 7.08. The van der Waals surface area contributed by atoms with Gasteiger partial charge in [0.25, 0.3) is 0 Å². The average Bonchev–Trinajstić information content (AvgIpc) is 2.43. The Kier molecular flexibility index (Phi) is 5.92. The van der Waals surface area contributed by atoms with E-state index in [1.807, 2.05) is 13.8 Å². The lowest BCUT2D eigenvalue weighted by atomic mass is 10.1. The fourth-order valence-corrected chi connectivity index (χ4v) is 2.50. The van der Waals surface area contributed by atoms with Crippen molar-refractivity contribution in [2.45, 2.75) is 31.3 Å². The van der Waals surface area contributed by atoms with Gasteiger partial charge in [-0.15, -0.1) is 0 Å². The van der Waals surface area contributed by atoms with Gasteiger partial charge in [0, 0.05) is 0 Å². The Hall–Kier alpha value is -1.64. The molecule has 0 fully saturated rings. The van der Waals surface area contributed by atoms with Crippen molar-refractivity contribution in [3.63, 3.8) is 0 Å². The van der Waals surface area contributed by atoms with Gasteiger partial charge in [-0.2, -0.15) is 0 Å². The number of rotatable bonds is 8. The molecule has 1 aromatic carbocycles. The van der Waals surface area contributed by atoms with E-state index < -0.39 is 28.1 Å². The van der Waals surface area contributed by atoms with Crippen LogP contribution < -0.4 is 9.46 Å². The minimum absolute atomic E-state index is 0.0365. The summed E-state index contributed by atoms with van der Waals surface area (Å²) in [7, 11) is -3.90. The van der Waals surface area contributed by atoms with Crippen LogP contribution >= 0.6 is 0 Å². The second-order valence-electron chi connectivity index (χ2n) is 5.58. The lowest BCUT2D eigenvalue weighted by molar-refractivity contribution is -0.155. The van der Waals surface area contributed by atoms with Crippen LogP contribution in [0.25, 0.3) is 0 Å². The standard InChI is InChI=1S/C14H21NO6S/c1-10(2)8-21-11-4-6-12(7-5-11)22(19,20)15-9-14(3,18)13(16)17/h4-7,10,15,18H,8-9H2,1-3H3,(H,16,17). The maximum atomic E-state index is 12.0. The number of aliphatic carboxylic acids is 1. The van der Waals surface area contributed by atoms with Gasteiger partial charge in [0.15, 0.2) is 5.60 Å². The number of hydrogen-bond donors (Lipinski definition) is 3. The molecule has 22 heavy (non-hydrogen) atoms. The second-order valence-corrected chi connectivity index (χ2v) is 7.35. The van der Waals surface area contributed by atoms with Crippen molar-refractivity contribution in [2.75, 3.05) is 13.2 Å².